The molecule has 0 spiro atoms. The van der Waals surface area contributed by atoms with Crippen LogP contribution in [0, 0.1) is 0 Å². The Hall–Kier alpha value is -2.06. The summed E-state index contributed by atoms with van der Waals surface area (Å²) in [5, 5.41) is 0. The van der Waals surface area contributed by atoms with Crippen LogP contribution in [0.1, 0.15) is 105 Å². The highest BCUT2D eigenvalue weighted by molar-refractivity contribution is 7.34. The predicted molar refractivity (Wildman–Crippen MR) is 140 cm³/mol. The molecule has 1 aliphatic heterocycles. The van der Waals surface area contributed by atoms with Crippen molar-refractivity contribution in [2.45, 2.75) is 105 Å². The van der Waals surface area contributed by atoms with Crippen LogP contribution in [-0.2, 0) is 26.2 Å². The van der Waals surface area contributed by atoms with Gasteiger partial charge < -0.3 is 5.73 Å². The zero-order valence-electron chi connectivity index (χ0n) is 22.5. The van der Waals surface area contributed by atoms with Crippen molar-refractivity contribution in [3.63, 3.8) is 0 Å². The normalized spacial score (nSPS) is 15.8. The smallest absolute Gasteiger partial charge is 0.398 e. The molecule has 0 saturated heterocycles. The summed E-state index contributed by atoms with van der Waals surface area (Å²) in [7, 11) is -2.41. The lowest BCUT2D eigenvalue weighted by atomic mass is 9.74. The highest BCUT2D eigenvalue weighted by Crippen LogP contribution is 2.57. The van der Waals surface area contributed by atoms with E-state index in [4.69, 9.17) is 14.8 Å². The molecule has 0 bridgehead atoms. The minimum Gasteiger partial charge on any atom is -0.398 e. The van der Waals surface area contributed by atoms with Gasteiger partial charge in [0.15, 0.2) is 0 Å². The lowest BCUT2D eigenvalue weighted by molar-refractivity contribution is 0.408. The summed E-state index contributed by atoms with van der Waals surface area (Å²) >= 11 is 0. The molecule has 3 rings (SSSR count). The highest BCUT2D eigenvalue weighted by atomic mass is 31.1. The minimum atomic E-state index is -2.41. The van der Waals surface area contributed by atoms with Crippen molar-refractivity contribution in [2.75, 3.05) is 5.73 Å². The van der Waals surface area contributed by atoms with Crippen molar-refractivity contribution < 1.29 is 13.6 Å². The summed E-state index contributed by atoms with van der Waals surface area (Å²) in [4.78, 5) is 0. The van der Waals surface area contributed by atoms with Gasteiger partial charge in [0.25, 0.3) is 0 Å². The number of hydrogen-bond acceptors (Lipinski definition) is 4. The van der Waals surface area contributed by atoms with Crippen LogP contribution in [0.15, 0.2) is 18.2 Å². The first-order chi connectivity index (χ1) is 14.7. The molecule has 0 aliphatic carbocycles. The van der Waals surface area contributed by atoms with Gasteiger partial charge in [0.05, 0.1) is 5.56 Å². The largest absolute Gasteiger partial charge is 0.805 e. The van der Waals surface area contributed by atoms with E-state index < -0.39 is 8.25 Å². The van der Waals surface area contributed by atoms with E-state index in [1.807, 2.05) is 0 Å². The first kappa shape index (κ1) is 25.6. The average Bonchev–Trinajstić information content (AvgIpc) is 2.72. The van der Waals surface area contributed by atoms with Gasteiger partial charge in [-0.25, -0.2) is 9.05 Å². The highest BCUT2D eigenvalue weighted by Gasteiger charge is 2.42. The van der Waals surface area contributed by atoms with E-state index in [1.165, 1.54) is 5.56 Å². The number of nitrogens with two attached hydrogens (primary N) is 1. The summed E-state index contributed by atoms with van der Waals surface area (Å²) in [5.41, 5.74) is 12.7. The Morgan fingerprint density at radius 2 is 1.09 bits per heavy atom. The van der Waals surface area contributed by atoms with Crippen LogP contribution in [0.4, 0.5) is 5.69 Å². The summed E-state index contributed by atoms with van der Waals surface area (Å²) < 4.78 is 25.2. The van der Waals surface area contributed by atoms with E-state index in [2.05, 4.69) is 101 Å². The fourth-order valence-corrected chi connectivity index (χ4v) is 5.01. The molecule has 33 heavy (non-hydrogen) atoms. The van der Waals surface area contributed by atoms with Crippen molar-refractivity contribution in [3.05, 3.63) is 40.5 Å². The topological polar surface area (TPSA) is 61.5 Å². The second-order valence-electron chi connectivity index (χ2n) is 13.4. The van der Waals surface area contributed by atoms with Gasteiger partial charge in [-0.05, 0) is 44.9 Å². The lowest BCUT2D eigenvalue weighted by Gasteiger charge is -2.30. The number of fused-ring (bicyclic) bond motifs is 3. The third-order valence-corrected chi connectivity index (χ3v) is 6.96. The standard InChI is InChI=1S/C28H41NO3P/c1-25(2,3)16-13-17-21-22(29)18(26(4,5)6)15-20(28(10,11)12)24(21)32-33(30)31-23(17)19(14-16)27(7,8)9/h13-15H,29H2,1-12H3/q+1. The van der Waals surface area contributed by atoms with Crippen LogP contribution in [0.3, 0.4) is 0 Å². The van der Waals surface area contributed by atoms with Crippen molar-refractivity contribution in [1.29, 1.82) is 0 Å². The van der Waals surface area contributed by atoms with Gasteiger partial charge in [-0.2, -0.15) is 0 Å². The SMILES string of the molecule is CC(C)(C)c1cc2c(c(C(C)(C)C)c1)O[P+](=O)Oc1c(C(C)(C)C)cc(C(C)(C)C)c(N)c1-2. The third-order valence-electron chi connectivity index (χ3n) is 6.30. The number of nitrogen functional groups attached to an aromatic ring is 1. The molecule has 1 aliphatic rings. The molecule has 2 N–H and O–H groups in total. The molecular weight excluding hydrogens is 429 g/mol. The minimum absolute atomic E-state index is 0.0895. The zero-order valence-corrected chi connectivity index (χ0v) is 23.4. The molecule has 4 nitrogen and oxygen atoms in total. The van der Waals surface area contributed by atoms with Crippen molar-refractivity contribution >= 4 is 13.9 Å². The summed E-state index contributed by atoms with van der Waals surface area (Å²) in [5.74, 6) is 1.17. The molecule has 1 heterocycles. The average molecular weight is 471 g/mol. The van der Waals surface area contributed by atoms with Gasteiger partial charge in [-0.1, -0.05) is 89.2 Å². The first-order valence-electron chi connectivity index (χ1n) is 11.7. The Morgan fingerprint density at radius 3 is 1.55 bits per heavy atom. The molecule has 0 aromatic heterocycles. The van der Waals surface area contributed by atoms with Gasteiger partial charge in [-0.15, -0.1) is 0 Å². The number of hydrogen-bond donors (Lipinski definition) is 1. The molecule has 0 fully saturated rings. The van der Waals surface area contributed by atoms with Crippen LogP contribution in [0.25, 0.3) is 11.1 Å². The van der Waals surface area contributed by atoms with E-state index in [-0.39, 0.29) is 21.7 Å². The fourth-order valence-electron chi connectivity index (χ4n) is 4.29. The van der Waals surface area contributed by atoms with E-state index in [0.29, 0.717) is 17.2 Å². The van der Waals surface area contributed by atoms with E-state index in [0.717, 1.165) is 27.8 Å². The summed E-state index contributed by atoms with van der Waals surface area (Å²) in [6, 6.07) is 6.46. The van der Waals surface area contributed by atoms with Gasteiger partial charge >= 0.3 is 8.25 Å². The van der Waals surface area contributed by atoms with Crippen LogP contribution in [-0.4, -0.2) is 0 Å². The lowest BCUT2D eigenvalue weighted by Crippen LogP contribution is -2.20. The molecule has 5 heteroatoms. The van der Waals surface area contributed by atoms with Crippen LogP contribution in [0.5, 0.6) is 11.5 Å². The Balaban J connectivity index is 2.62. The molecule has 1 atom stereocenters. The quantitative estimate of drug-likeness (QED) is 0.309. The maximum atomic E-state index is 13.1. The summed E-state index contributed by atoms with van der Waals surface area (Å²) in [6.45, 7) is 26.0. The van der Waals surface area contributed by atoms with E-state index in [1.54, 1.807) is 0 Å². The monoisotopic (exact) mass is 470 g/mol. The van der Waals surface area contributed by atoms with Gasteiger partial charge in [0.2, 0.25) is 11.5 Å². The third kappa shape index (κ3) is 4.78. The van der Waals surface area contributed by atoms with E-state index >= 15 is 0 Å². The molecule has 0 amide bonds. The van der Waals surface area contributed by atoms with Gasteiger partial charge in [0, 0.05) is 26.9 Å². The Kier molecular flexibility index (Phi) is 5.99. The second-order valence-corrected chi connectivity index (χ2v) is 14.2. The number of rotatable bonds is 0. The zero-order chi connectivity index (χ0) is 25.3. The summed E-state index contributed by atoms with van der Waals surface area (Å²) in [6.07, 6.45) is 0. The predicted octanol–water partition coefficient (Wildman–Crippen LogP) is 8.55. The van der Waals surface area contributed by atoms with E-state index in [9.17, 15) is 4.57 Å². The molecule has 2 aromatic rings. The molecule has 1 unspecified atom stereocenters. The Morgan fingerprint density at radius 1 is 0.636 bits per heavy atom. The number of benzene rings is 2. The van der Waals surface area contributed by atoms with Gasteiger partial charge in [0.1, 0.15) is 0 Å². The maximum absolute atomic E-state index is 13.1. The Bertz CT molecular complexity index is 1120. The fraction of sp³-hybridized carbons (Fsp3) is 0.571. The molecule has 0 radical (unpaired) electrons. The van der Waals surface area contributed by atoms with Crippen molar-refractivity contribution in [1.82, 2.24) is 0 Å². The maximum Gasteiger partial charge on any atom is 0.805 e. The Labute approximate surface area is 201 Å². The van der Waals surface area contributed by atoms with Crippen LogP contribution >= 0.6 is 8.25 Å². The van der Waals surface area contributed by atoms with Crippen LogP contribution in [0.2, 0.25) is 0 Å². The number of anilines is 1. The van der Waals surface area contributed by atoms with Crippen molar-refractivity contribution in [3.8, 4) is 22.6 Å². The van der Waals surface area contributed by atoms with Crippen molar-refractivity contribution in [2.24, 2.45) is 0 Å². The first-order valence-corrected chi connectivity index (χ1v) is 12.8. The van der Waals surface area contributed by atoms with Crippen LogP contribution < -0.4 is 14.8 Å². The van der Waals surface area contributed by atoms with Gasteiger partial charge in [-0.3, -0.25) is 0 Å². The molecular formula is C28H41NO3P+. The molecule has 2 aromatic carbocycles. The molecule has 180 valence electrons. The second kappa shape index (κ2) is 7.73. The molecule has 0 saturated carbocycles.